The van der Waals surface area contributed by atoms with Crippen molar-refractivity contribution in [2.24, 2.45) is 0 Å². The fourth-order valence-corrected chi connectivity index (χ4v) is 4.94. The normalized spacial score (nSPS) is 20.3. The second-order valence-electron chi connectivity index (χ2n) is 7.51. The largest absolute Gasteiger partial charge is 0.338 e. The van der Waals surface area contributed by atoms with Crippen molar-refractivity contribution in [2.75, 3.05) is 18.5 Å². The standard InChI is InChI=1S/C22H21Cl2N3O3/c1-3-26-20(29)16-6-4-5-7-18(16)27-19(28)10-11-22(26,27)21(30)25(2)13-14-8-9-15(23)12-17(14)24/h4-9,12H,3,10-11,13H2,1-2H3/t22-/m1/s1. The van der Waals surface area contributed by atoms with Crippen LogP contribution in [0.2, 0.25) is 10.0 Å². The molecule has 0 aliphatic carbocycles. The smallest absolute Gasteiger partial charge is 0.270 e. The Balaban J connectivity index is 1.77. The zero-order valence-corrected chi connectivity index (χ0v) is 18.2. The first-order valence-electron chi connectivity index (χ1n) is 9.74. The number of anilines is 1. The number of likely N-dealkylation sites (N-methyl/N-ethyl adjacent to an activating group) is 2. The maximum absolute atomic E-state index is 13.8. The number of para-hydroxylation sites is 1. The molecule has 0 radical (unpaired) electrons. The molecule has 1 atom stereocenters. The van der Waals surface area contributed by atoms with Gasteiger partial charge in [0.25, 0.3) is 11.8 Å². The lowest BCUT2D eigenvalue weighted by molar-refractivity contribution is -0.143. The van der Waals surface area contributed by atoms with Crippen LogP contribution in [0, 0.1) is 0 Å². The Morgan fingerprint density at radius 1 is 1.17 bits per heavy atom. The number of benzene rings is 2. The fraction of sp³-hybridized carbons (Fsp3) is 0.318. The molecule has 8 heteroatoms. The molecule has 2 heterocycles. The molecule has 0 N–H and O–H groups in total. The van der Waals surface area contributed by atoms with Crippen molar-refractivity contribution in [1.82, 2.24) is 9.80 Å². The fourth-order valence-electron chi connectivity index (χ4n) is 4.47. The van der Waals surface area contributed by atoms with Gasteiger partial charge in [-0.3, -0.25) is 19.3 Å². The van der Waals surface area contributed by atoms with E-state index in [1.165, 1.54) is 14.7 Å². The summed E-state index contributed by atoms with van der Waals surface area (Å²) in [4.78, 5) is 44.5. The molecule has 1 fully saturated rings. The first kappa shape index (κ1) is 20.7. The summed E-state index contributed by atoms with van der Waals surface area (Å²) in [6.45, 7) is 2.35. The van der Waals surface area contributed by atoms with E-state index in [9.17, 15) is 14.4 Å². The zero-order chi connectivity index (χ0) is 21.6. The highest BCUT2D eigenvalue weighted by molar-refractivity contribution is 6.35. The Morgan fingerprint density at radius 2 is 1.90 bits per heavy atom. The summed E-state index contributed by atoms with van der Waals surface area (Å²) in [5, 5.41) is 0.965. The highest BCUT2D eigenvalue weighted by Gasteiger charge is 2.61. The summed E-state index contributed by atoms with van der Waals surface area (Å²) in [5.74, 6) is -0.728. The first-order valence-corrected chi connectivity index (χ1v) is 10.5. The Morgan fingerprint density at radius 3 is 2.60 bits per heavy atom. The quantitative estimate of drug-likeness (QED) is 0.715. The van der Waals surface area contributed by atoms with Gasteiger partial charge in [0.15, 0.2) is 0 Å². The van der Waals surface area contributed by atoms with Gasteiger partial charge in [-0.2, -0.15) is 0 Å². The SMILES string of the molecule is CCN1C(=O)c2ccccc2N2C(=O)CC[C@@]12C(=O)N(C)Cc1ccc(Cl)cc1Cl. The number of hydrogen-bond donors (Lipinski definition) is 0. The monoisotopic (exact) mass is 445 g/mol. The minimum absolute atomic E-state index is 0.167. The molecule has 6 nitrogen and oxygen atoms in total. The second kappa shape index (κ2) is 7.60. The number of nitrogens with zero attached hydrogens (tertiary/aromatic N) is 3. The molecular formula is C22H21Cl2N3O3. The minimum Gasteiger partial charge on any atom is -0.338 e. The van der Waals surface area contributed by atoms with E-state index < -0.39 is 5.66 Å². The van der Waals surface area contributed by atoms with Gasteiger partial charge in [-0.1, -0.05) is 41.4 Å². The van der Waals surface area contributed by atoms with Crippen LogP contribution in [0.1, 0.15) is 35.7 Å². The molecule has 0 bridgehead atoms. The van der Waals surface area contributed by atoms with Crippen molar-refractivity contribution in [3.63, 3.8) is 0 Å². The third-order valence-corrected chi connectivity index (χ3v) is 6.39. The van der Waals surface area contributed by atoms with E-state index >= 15 is 0 Å². The minimum atomic E-state index is -1.37. The third-order valence-electron chi connectivity index (χ3n) is 5.80. The molecule has 0 unspecified atom stereocenters. The number of fused-ring (bicyclic) bond motifs is 3. The number of halogens is 2. The van der Waals surface area contributed by atoms with Gasteiger partial charge in [-0.05, 0) is 36.8 Å². The number of amides is 3. The summed E-state index contributed by atoms with van der Waals surface area (Å²) in [7, 11) is 1.65. The van der Waals surface area contributed by atoms with E-state index in [1.807, 2.05) is 6.92 Å². The maximum atomic E-state index is 13.8. The van der Waals surface area contributed by atoms with Gasteiger partial charge in [0, 0.05) is 43.0 Å². The highest BCUT2D eigenvalue weighted by atomic mass is 35.5. The molecule has 0 saturated carbocycles. The molecule has 2 aliphatic heterocycles. The Bertz CT molecular complexity index is 1060. The number of hydrogen-bond acceptors (Lipinski definition) is 3. The molecular weight excluding hydrogens is 425 g/mol. The van der Waals surface area contributed by atoms with E-state index in [2.05, 4.69) is 0 Å². The van der Waals surface area contributed by atoms with E-state index in [4.69, 9.17) is 23.2 Å². The molecule has 0 spiro atoms. The Labute approximate surface area is 184 Å². The number of carbonyl (C=O) groups is 3. The van der Waals surface area contributed by atoms with Crippen LogP contribution < -0.4 is 4.90 Å². The second-order valence-corrected chi connectivity index (χ2v) is 8.35. The van der Waals surface area contributed by atoms with E-state index in [0.29, 0.717) is 27.8 Å². The van der Waals surface area contributed by atoms with E-state index in [-0.39, 0.29) is 37.1 Å². The molecule has 4 rings (SSSR count). The van der Waals surface area contributed by atoms with Crippen LogP contribution in [0.25, 0.3) is 0 Å². The molecule has 2 aromatic carbocycles. The summed E-state index contributed by atoms with van der Waals surface area (Å²) in [6, 6.07) is 12.0. The van der Waals surface area contributed by atoms with Gasteiger partial charge < -0.3 is 9.80 Å². The molecule has 2 aliphatic rings. The van der Waals surface area contributed by atoms with Gasteiger partial charge in [-0.25, -0.2) is 0 Å². The third kappa shape index (κ3) is 2.97. The van der Waals surface area contributed by atoms with Crippen molar-refractivity contribution >= 4 is 46.6 Å². The van der Waals surface area contributed by atoms with Crippen LogP contribution in [0.3, 0.4) is 0 Å². The molecule has 156 valence electrons. The number of carbonyl (C=O) groups excluding carboxylic acids is 3. The molecule has 1 saturated heterocycles. The van der Waals surface area contributed by atoms with Crippen molar-refractivity contribution in [1.29, 1.82) is 0 Å². The summed E-state index contributed by atoms with van der Waals surface area (Å²) < 4.78 is 0. The molecule has 0 aromatic heterocycles. The van der Waals surface area contributed by atoms with Gasteiger partial charge >= 0.3 is 0 Å². The molecule has 3 amide bonds. The van der Waals surface area contributed by atoms with Crippen molar-refractivity contribution in [3.05, 3.63) is 63.6 Å². The topological polar surface area (TPSA) is 60.9 Å². The average molecular weight is 446 g/mol. The van der Waals surface area contributed by atoms with Crippen LogP contribution in [0.4, 0.5) is 5.69 Å². The van der Waals surface area contributed by atoms with E-state index in [0.717, 1.165) is 5.56 Å². The highest BCUT2D eigenvalue weighted by Crippen LogP contribution is 2.45. The average Bonchev–Trinajstić information content (AvgIpc) is 3.08. The van der Waals surface area contributed by atoms with Crippen LogP contribution in [0.5, 0.6) is 0 Å². The van der Waals surface area contributed by atoms with Gasteiger partial charge in [0.1, 0.15) is 0 Å². The van der Waals surface area contributed by atoms with Crippen LogP contribution in [-0.4, -0.2) is 46.8 Å². The summed E-state index contributed by atoms with van der Waals surface area (Å²) in [6.07, 6.45) is 0.441. The van der Waals surface area contributed by atoms with Crippen molar-refractivity contribution in [3.8, 4) is 0 Å². The number of rotatable bonds is 4. The maximum Gasteiger partial charge on any atom is 0.270 e. The van der Waals surface area contributed by atoms with Crippen LogP contribution >= 0.6 is 23.2 Å². The van der Waals surface area contributed by atoms with Gasteiger partial charge in [0.05, 0.1) is 11.3 Å². The molecule has 2 aromatic rings. The lowest BCUT2D eigenvalue weighted by Crippen LogP contribution is -2.70. The predicted octanol–water partition coefficient (Wildman–Crippen LogP) is 3.95. The Hall–Kier alpha value is -2.57. The first-order chi connectivity index (χ1) is 14.3. The van der Waals surface area contributed by atoms with Gasteiger partial charge in [0.2, 0.25) is 11.6 Å². The molecule has 30 heavy (non-hydrogen) atoms. The van der Waals surface area contributed by atoms with Crippen molar-refractivity contribution in [2.45, 2.75) is 32.0 Å². The lowest BCUT2D eigenvalue weighted by atomic mass is 9.95. The van der Waals surface area contributed by atoms with Crippen LogP contribution in [0.15, 0.2) is 42.5 Å². The van der Waals surface area contributed by atoms with Crippen LogP contribution in [-0.2, 0) is 16.1 Å². The van der Waals surface area contributed by atoms with Gasteiger partial charge in [-0.15, -0.1) is 0 Å². The zero-order valence-electron chi connectivity index (χ0n) is 16.7. The van der Waals surface area contributed by atoms with E-state index in [1.54, 1.807) is 49.5 Å². The lowest BCUT2D eigenvalue weighted by Gasteiger charge is -2.50. The van der Waals surface area contributed by atoms with Crippen molar-refractivity contribution < 1.29 is 14.4 Å². The Kier molecular flexibility index (Phi) is 5.24. The summed E-state index contributed by atoms with van der Waals surface area (Å²) >= 11 is 12.3. The summed E-state index contributed by atoms with van der Waals surface area (Å²) in [5.41, 5.74) is 0.280. The predicted molar refractivity (Wildman–Crippen MR) is 116 cm³/mol.